The largest absolute Gasteiger partial charge is 0.367 e. The van der Waals surface area contributed by atoms with E-state index in [1.165, 1.54) is 76.6 Å². The van der Waals surface area contributed by atoms with Crippen molar-refractivity contribution in [1.82, 2.24) is 4.90 Å². The SMILES string of the molecule is Br.CCCCCCCCCCCCN1C=CSC1. The minimum Gasteiger partial charge on any atom is -0.367 e. The predicted octanol–water partition coefficient (Wildman–Crippen LogP) is 5.96. The quantitative estimate of drug-likeness (QED) is 0.428. The first kappa shape index (κ1) is 18.4. The van der Waals surface area contributed by atoms with Crippen LogP contribution >= 0.6 is 28.7 Å². The van der Waals surface area contributed by atoms with E-state index in [4.69, 9.17) is 0 Å². The molecule has 0 amide bonds. The molecule has 0 N–H and O–H groups in total. The van der Waals surface area contributed by atoms with Crippen LogP contribution in [0, 0.1) is 0 Å². The molecular weight excluding hydrogens is 306 g/mol. The highest BCUT2D eigenvalue weighted by Crippen LogP contribution is 2.16. The molecular formula is C15H30BrNS. The molecule has 0 aromatic heterocycles. The summed E-state index contributed by atoms with van der Waals surface area (Å²) >= 11 is 1.91. The second kappa shape index (κ2) is 13.8. The van der Waals surface area contributed by atoms with Gasteiger partial charge in [-0.05, 0) is 11.8 Å². The van der Waals surface area contributed by atoms with Gasteiger partial charge in [-0.1, -0.05) is 64.7 Å². The molecule has 0 spiro atoms. The molecule has 0 aromatic rings. The van der Waals surface area contributed by atoms with Gasteiger partial charge in [0.1, 0.15) is 0 Å². The van der Waals surface area contributed by atoms with E-state index in [9.17, 15) is 0 Å². The van der Waals surface area contributed by atoms with Crippen LogP contribution in [0.3, 0.4) is 0 Å². The van der Waals surface area contributed by atoms with E-state index < -0.39 is 0 Å². The molecule has 1 rings (SSSR count). The van der Waals surface area contributed by atoms with Crippen molar-refractivity contribution in [2.45, 2.75) is 71.1 Å². The zero-order valence-corrected chi connectivity index (χ0v) is 14.4. The molecule has 0 aliphatic carbocycles. The van der Waals surface area contributed by atoms with Gasteiger partial charge in [-0.3, -0.25) is 0 Å². The Morgan fingerprint density at radius 1 is 0.889 bits per heavy atom. The Hall–Kier alpha value is 0.370. The van der Waals surface area contributed by atoms with E-state index in [0.29, 0.717) is 0 Å². The minimum atomic E-state index is 0. The number of nitrogens with zero attached hydrogens (tertiary/aromatic N) is 1. The lowest BCUT2D eigenvalue weighted by molar-refractivity contribution is 0.420. The normalized spacial score (nSPS) is 13.9. The number of hydrogen-bond acceptors (Lipinski definition) is 2. The zero-order valence-electron chi connectivity index (χ0n) is 11.9. The van der Waals surface area contributed by atoms with Crippen LogP contribution in [0.1, 0.15) is 71.1 Å². The average Bonchev–Trinajstić information content (AvgIpc) is 2.85. The average molecular weight is 336 g/mol. The summed E-state index contributed by atoms with van der Waals surface area (Å²) in [4.78, 5) is 2.43. The standard InChI is InChI=1S/C15H29NS.BrH/c1-2-3-4-5-6-7-8-9-10-11-12-16-13-14-17-15-16;/h13-14H,2-12,15H2,1H3;1H. The van der Waals surface area contributed by atoms with Crippen LogP contribution in [0.25, 0.3) is 0 Å². The number of thioether (sulfide) groups is 1. The third-order valence-corrected chi connectivity index (χ3v) is 4.20. The number of hydrogen-bond donors (Lipinski definition) is 0. The Morgan fingerprint density at radius 2 is 1.44 bits per heavy atom. The maximum absolute atomic E-state index is 2.43. The van der Waals surface area contributed by atoms with Gasteiger partial charge in [-0.15, -0.1) is 28.7 Å². The van der Waals surface area contributed by atoms with E-state index in [2.05, 4.69) is 23.4 Å². The maximum atomic E-state index is 2.43. The molecule has 0 saturated heterocycles. The topological polar surface area (TPSA) is 3.24 Å². The Balaban J connectivity index is 0.00000289. The van der Waals surface area contributed by atoms with Crippen molar-refractivity contribution in [3.05, 3.63) is 11.6 Å². The highest BCUT2D eigenvalue weighted by Gasteiger charge is 2.02. The lowest BCUT2D eigenvalue weighted by Gasteiger charge is -2.13. The minimum absolute atomic E-state index is 0. The lowest BCUT2D eigenvalue weighted by Crippen LogP contribution is -2.14. The molecule has 108 valence electrons. The van der Waals surface area contributed by atoms with Crippen molar-refractivity contribution in [2.75, 3.05) is 12.4 Å². The van der Waals surface area contributed by atoms with Gasteiger partial charge in [0.15, 0.2) is 0 Å². The third kappa shape index (κ3) is 10.3. The fourth-order valence-electron chi connectivity index (χ4n) is 2.25. The highest BCUT2D eigenvalue weighted by atomic mass is 79.9. The second-order valence-corrected chi connectivity index (χ2v) is 5.94. The highest BCUT2D eigenvalue weighted by molar-refractivity contribution is 8.93. The van der Waals surface area contributed by atoms with Crippen molar-refractivity contribution in [2.24, 2.45) is 0 Å². The summed E-state index contributed by atoms with van der Waals surface area (Å²) < 4.78 is 0. The fraction of sp³-hybridized carbons (Fsp3) is 0.867. The molecule has 3 heteroatoms. The Kier molecular flexibility index (Phi) is 14.1. The van der Waals surface area contributed by atoms with Gasteiger partial charge in [-0.2, -0.15) is 0 Å². The molecule has 0 atom stereocenters. The van der Waals surface area contributed by atoms with Gasteiger partial charge >= 0.3 is 0 Å². The molecule has 1 aliphatic heterocycles. The molecule has 0 bridgehead atoms. The van der Waals surface area contributed by atoms with Crippen molar-refractivity contribution in [3.63, 3.8) is 0 Å². The Morgan fingerprint density at radius 3 is 1.94 bits per heavy atom. The van der Waals surface area contributed by atoms with Crippen molar-refractivity contribution >= 4 is 28.7 Å². The van der Waals surface area contributed by atoms with E-state index in [-0.39, 0.29) is 17.0 Å². The number of halogens is 1. The van der Waals surface area contributed by atoms with Crippen LogP contribution in [0.15, 0.2) is 11.6 Å². The molecule has 0 aromatic carbocycles. The van der Waals surface area contributed by atoms with Crippen molar-refractivity contribution in [1.29, 1.82) is 0 Å². The molecule has 0 saturated carbocycles. The first-order valence-corrected chi connectivity index (χ1v) is 8.50. The van der Waals surface area contributed by atoms with Crippen LogP contribution < -0.4 is 0 Å². The summed E-state index contributed by atoms with van der Waals surface area (Å²) in [6.45, 7) is 3.55. The summed E-state index contributed by atoms with van der Waals surface area (Å²) in [6, 6.07) is 0. The molecule has 0 radical (unpaired) electrons. The molecule has 0 unspecified atom stereocenters. The first-order chi connectivity index (χ1) is 8.43. The zero-order chi connectivity index (χ0) is 12.2. The van der Waals surface area contributed by atoms with E-state index >= 15 is 0 Å². The second-order valence-electron chi connectivity index (χ2n) is 5.08. The van der Waals surface area contributed by atoms with Crippen molar-refractivity contribution in [3.8, 4) is 0 Å². The van der Waals surface area contributed by atoms with Crippen LogP contribution in [-0.2, 0) is 0 Å². The van der Waals surface area contributed by atoms with E-state index in [0.717, 1.165) is 0 Å². The van der Waals surface area contributed by atoms with Crippen LogP contribution in [0.2, 0.25) is 0 Å². The summed E-state index contributed by atoms with van der Waals surface area (Å²) in [7, 11) is 0. The lowest BCUT2D eigenvalue weighted by atomic mass is 10.1. The first-order valence-electron chi connectivity index (χ1n) is 7.46. The maximum Gasteiger partial charge on any atom is 0.0675 e. The van der Waals surface area contributed by atoms with E-state index in [1.807, 2.05) is 11.8 Å². The number of unbranched alkanes of at least 4 members (excludes halogenated alkanes) is 9. The van der Waals surface area contributed by atoms with Crippen LogP contribution in [0.5, 0.6) is 0 Å². The van der Waals surface area contributed by atoms with Crippen LogP contribution in [0.4, 0.5) is 0 Å². The monoisotopic (exact) mass is 335 g/mol. The Labute approximate surface area is 129 Å². The van der Waals surface area contributed by atoms with Gasteiger partial charge in [0.25, 0.3) is 0 Å². The van der Waals surface area contributed by atoms with E-state index in [1.54, 1.807) is 0 Å². The predicted molar refractivity (Wildman–Crippen MR) is 90.5 cm³/mol. The summed E-state index contributed by atoms with van der Waals surface area (Å²) in [5, 5.41) is 2.20. The number of rotatable bonds is 11. The van der Waals surface area contributed by atoms with Gasteiger partial charge in [0.2, 0.25) is 0 Å². The van der Waals surface area contributed by atoms with Crippen molar-refractivity contribution < 1.29 is 0 Å². The molecule has 0 fully saturated rings. The van der Waals surface area contributed by atoms with Gasteiger partial charge < -0.3 is 4.90 Å². The summed E-state index contributed by atoms with van der Waals surface area (Å²) in [6.07, 6.45) is 16.6. The van der Waals surface area contributed by atoms with Crippen LogP contribution in [-0.4, -0.2) is 17.3 Å². The summed E-state index contributed by atoms with van der Waals surface area (Å²) in [5.41, 5.74) is 0. The third-order valence-electron chi connectivity index (χ3n) is 3.41. The van der Waals surface area contributed by atoms with Gasteiger partial charge in [-0.25, -0.2) is 0 Å². The van der Waals surface area contributed by atoms with Gasteiger partial charge in [0.05, 0.1) is 5.88 Å². The molecule has 1 heterocycles. The van der Waals surface area contributed by atoms with Gasteiger partial charge in [0, 0.05) is 12.7 Å². The summed E-state index contributed by atoms with van der Waals surface area (Å²) in [5.74, 6) is 1.18. The fourth-order valence-corrected chi connectivity index (χ4v) is 3.00. The molecule has 18 heavy (non-hydrogen) atoms. The molecule has 1 nitrogen and oxygen atoms in total. The molecule has 1 aliphatic rings. The Bertz CT molecular complexity index is 197. The smallest absolute Gasteiger partial charge is 0.0675 e.